The van der Waals surface area contributed by atoms with Crippen LogP contribution in [0.1, 0.15) is 52.4 Å². The third-order valence-corrected chi connectivity index (χ3v) is 5.70. The lowest BCUT2D eigenvalue weighted by molar-refractivity contribution is -0.261. The van der Waals surface area contributed by atoms with Gasteiger partial charge in [0, 0.05) is 5.92 Å². The molecule has 4 rings (SSSR count). The maximum absolute atomic E-state index is 12.6. The Morgan fingerprint density at radius 3 is 1.92 bits per heavy atom. The summed E-state index contributed by atoms with van der Waals surface area (Å²) in [6.07, 6.45) is 0.755. The summed E-state index contributed by atoms with van der Waals surface area (Å²) in [7, 11) is 0. The van der Waals surface area contributed by atoms with Crippen molar-refractivity contribution in [2.24, 2.45) is 23.7 Å². The number of ether oxygens (including phenoxy) is 2. The lowest BCUT2D eigenvalue weighted by Gasteiger charge is -2.57. The van der Waals surface area contributed by atoms with Crippen molar-refractivity contribution in [2.75, 3.05) is 0 Å². The van der Waals surface area contributed by atoms with Crippen LogP contribution < -0.4 is 0 Å². The molecule has 4 saturated carbocycles. The zero-order chi connectivity index (χ0) is 17.7. The maximum Gasteiger partial charge on any atom is 0.422 e. The second-order valence-corrected chi connectivity index (χ2v) is 8.21. The first kappa shape index (κ1) is 17.8. The third-order valence-electron chi connectivity index (χ3n) is 5.70. The Bertz CT molecular complexity index is 489. The van der Waals surface area contributed by atoms with E-state index < -0.39 is 24.0 Å². The highest BCUT2D eigenvalue weighted by atomic mass is 19.4. The quantitative estimate of drug-likeness (QED) is 0.414. The maximum atomic E-state index is 12.6. The van der Waals surface area contributed by atoms with Gasteiger partial charge in [-0.25, -0.2) is 4.79 Å². The molecule has 4 fully saturated rings. The molecule has 0 N–H and O–H groups in total. The van der Waals surface area contributed by atoms with Crippen molar-refractivity contribution >= 4 is 5.97 Å². The highest BCUT2D eigenvalue weighted by Crippen LogP contribution is 2.57. The summed E-state index contributed by atoms with van der Waals surface area (Å²) in [4.78, 5) is 11.8. The van der Waals surface area contributed by atoms with E-state index in [-0.39, 0.29) is 11.5 Å². The monoisotopic (exact) mass is 346 g/mol. The van der Waals surface area contributed by atoms with Crippen molar-refractivity contribution < 1.29 is 27.4 Å². The summed E-state index contributed by atoms with van der Waals surface area (Å²) >= 11 is 0. The van der Waals surface area contributed by atoms with Crippen molar-refractivity contribution in [2.45, 2.75) is 70.4 Å². The molecule has 6 heteroatoms. The van der Waals surface area contributed by atoms with E-state index in [2.05, 4.69) is 6.58 Å². The average molecular weight is 346 g/mol. The lowest BCUT2D eigenvalue weighted by Crippen LogP contribution is -2.54. The predicted octanol–water partition coefficient (Wildman–Crippen LogP) is 4.62. The summed E-state index contributed by atoms with van der Waals surface area (Å²) in [5, 5.41) is 0. The standard InChI is InChI=1S/C18H25F3O3/c1-10(2)16(23-15(22)11(3)18(19,20)21)24-17-7-12-4-13(8-17)6-14(5-12)9-17/h10,12-14,16H,3-9H2,1-2H3. The molecular weight excluding hydrogens is 321 g/mol. The molecule has 3 nitrogen and oxygen atoms in total. The van der Waals surface area contributed by atoms with Crippen molar-refractivity contribution in [1.82, 2.24) is 0 Å². The van der Waals surface area contributed by atoms with Crippen LogP contribution in [0.4, 0.5) is 13.2 Å². The Kier molecular flexibility index (Phi) is 4.47. The van der Waals surface area contributed by atoms with Gasteiger partial charge in [-0.2, -0.15) is 13.2 Å². The molecule has 0 aromatic carbocycles. The van der Waals surface area contributed by atoms with Crippen LogP contribution >= 0.6 is 0 Å². The first-order valence-corrected chi connectivity index (χ1v) is 8.73. The normalized spacial score (nSPS) is 36.0. The summed E-state index contributed by atoms with van der Waals surface area (Å²) in [5.74, 6) is 0.272. The van der Waals surface area contributed by atoms with Crippen LogP contribution in [0.2, 0.25) is 0 Å². The van der Waals surface area contributed by atoms with Crippen LogP contribution in [0.25, 0.3) is 0 Å². The molecule has 0 saturated heterocycles. The third kappa shape index (κ3) is 3.48. The van der Waals surface area contributed by atoms with E-state index in [1.54, 1.807) is 13.8 Å². The first-order valence-electron chi connectivity index (χ1n) is 8.73. The second-order valence-electron chi connectivity index (χ2n) is 8.21. The van der Waals surface area contributed by atoms with Gasteiger partial charge in [-0.05, 0) is 56.3 Å². The molecule has 4 bridgehead atoms. The van der Waals surface area contributed by atoms with E-state index >= 15 is 0 Å². The lowest BCUT2D eigenvalue weighted by atomic mass is 9.54. The number of carbonyl (C=O) groups is 1. The van der Waals surface area contributed by atoms with Gasteiger partial charge in [-0.1, -0.05) is 20.4 Å². The molecule has 0 radical (unpaired) electrons. The molecule has 24 heavy (non-hydrogen) atoms. The molecule has 1 atom stereocenters. The number of hydrogen-bond acceptors (Lipinski definition) is 3. The van der Waals surface area contributed by atoms with E-state index in [9.17, 15) is 18.0 Å². The van der Waals surface area contributed by atoms with Gasteiger partial charge in [-0.3, -0.25) is 0 Å². The van der Waals surface area contributed by atoms with Crippen LogP contribution in [0.5, 0.6) is 0 Å². The van der Waals surface area contributed by atoms with Crippen LogP contribution in [0.15, 0.2) is 12.2 Å². The molecule has 0 amide bonds. The molecule has 0 aliphatic heterocycles. The van der Waals surface area contributed by atoms with Crippen molar-refractivity contribution in [3.8, 4) is 0 Å². The van der Waals surface area contributed by atoms with Crippen LogP contribution in [-0.4, -0.2) is 24.0 Å². The molecule has 0 spiro atoms. The van der Waals surface area contributed by atoms with Gasteiger partial charge in [0.15, 0.2) is 0 Å². The number of carbonyl (C=O) groups excluding carboxylic acids is 1. The topological polar surface area (TPSA) is 35.5 Å². The van der Waals surface area contributed by atoms with Gasteiger partial charge in [0.05, 0.1) is 5.60 Å². The number of alkyl halides is 3. The number of rotatable bonds is 5. The minimum atomic E-state index is -4.78. The van der Waals surface area contributed by atoms with E-state index in [4.69, 9.17) is 9.47 Å². The molecule has 1 unspecified atom stereocenters. The predicted molar refractivity (Wildman–Crippen MR) is 81.9 cm³/mol. The fourth-order valence-corrected chi connectivity index (χ4v) is 5.01. The van der Waals surface area contributed by atoms with Gasteiger partial charge >= 0.3 is 12.1 Å². The van der Waals surface area contributed by atoms with E-state index in [1.165, 1.54) is 19.3 Å². The summed E-state index contributed by atoms with van der Waals surface area (Å²) < 4.78 is 49.1. The highest BCUT2D eigenvalue weighted by Gasteiger charge is 2.53. The van der Waals surface area contributed by atoms with E-state index in [1.807, 2.05) is 0 Å². The highest BCUT2D eigenvalue weighted by molar-refractivity contribution is 5.89. The first-order chi connectivity index (χ1) is 11.1. The second kappa shape index (κ2) is 6.04. The summed E-state index contributed by atoms with van der Waals surface area (Å²) in [5.41, 5.74) is -1.81. The molecule has 0 aromatic rings. The van der Waals surface area contributed by atoms with E-state index in [0.29, 0.717) is 17.8 Å². The largest absolute Gasteiger partial charge is 0.432 e. The van der Waals surface area contributed by atoms with Gasteiger partial charge in [0.25, 0.3) is 0 Å². The Balaban J connectivity index is 1.69. The van der Waals surface area contributed by atoms with Crippen molar-refractivity contribution in [3.63, 3.8) is 0 Å². The Labute approximate surface area is 140 Å². The van der Waals surface area contributed by atoms with Crippen LogP contribution in [-0.2, 0) is 14.3 Å². The molecule has 4 aliphatic carbocycles. The Morgan fingerprint density at radius 2 is 1.54 bits per heavy atom. The minimum absolute atomic E-state index is 0.219. The van der Waals surface area contributed by atoms with Crippen molar-refractivity contribution in [3.05, 3.63) is 12.2 Å². The Morgan fingerprint density at radius 1 is 1.08 bits per heavy atom. The zero-order valence-corrected chi connectivity index (χ0v) is 14.2. The van der Waals surface area contributed by atoms with Crippen LogP contribution in [0, 0.1) is 23.7 Å². The number of esters is 1. The smallest absolute Gasteiger partial charge is 0.422 e. The molecular formula is C18H25F3O3. The fourth-order valence-electron chi connectivity index (χ4n) is 5.01. The van der Waals surface area contributed by atoms with Crippen molar-refractivity contribution in [1.29, 1.82) is 0 Å². The van der Waals surface area contributed by atoms with Gasteiger partial charge < -0.3 is 9.47 Å². The summed E-state index contributed by atoms with van der Waals surface area (Å²) in [6, 6.07) is 0. The van der Waals surface area contributed by atoms with Gasteiger partial charge in [0.2, 0.25) is 6.29 Å². The van der Waals surface area contributed by atoms with Crippen LogP contribution in [0.3, 0.4) is 0 Å². The van der Waals surface area contributed by atoms with E-state index in [0.717, 1.165) is 19.3 Å². The van der Waals surface area contributed by atoms with Gasteiger partial charge in [0.1, 0.15) is 5.57 Å². The fraction of sp³-hybridized carbons (Fsp3) is 0.833. The number of hydrogen-bond donors (Lipinski definition) is 0. The zero-order valence-electron chi connectivity index (χ0n) is 14.2. The minimum Gasteiger partial charge on any atom is -0.432 e. The molecule has 4 aliphatic rings. The Hall–Kier alpha value is -1.04. The molecule has 0 aromatic heterocycles. The number of halogens is 3. The molecule has 136 valence electrons. The SMILES string of the molecule is C=C(C(=O)OC(OC12CC3CC(CC(C3)C1)C2)C(C)C)C(F)(F)F. The van der Waals surface area contributed by atoms with Gasteiger partial charge in [-0.15, -0.1) is 0 Å². The average Bonchev–Trinajstić information content (AvgIpc) is 2.42. The molecule has 0 heterocycles. The summed E-state index contributed by atoms with van der Waals surface area (Å²) in [6.45, 7) is 6.38.